The largest absolute Gasteiger partial charge is 0.314 e. The molecule has 20 heavy (non-hydrogen) atoms. The number of benzene rings is 1. The molecule has 2 fully saturated rings. The van der Waals surface area contributed by atoms with Gasteiger partial charge in [0.05, 0.1) is 0 Å². The number of nitrogens with one attached hydrogen (secondary N) is 1. The second kappa shape index (κ2) is 6.30. The van der Waals surface area contributed by atoms with Crippen molar-refractivity contribution < 1.29 is 0 Å². The van der Waals surface area contributed by atoms with Crippen molar-refractivity contribution in [3.63, 3.8) is 0 Å². The Hall–Kier alpha value is -0.820. The van der Waals surface area contributed by atoms with Crippen molar-refractivity contribution in [2.75, 3.05) is 6.54 Å². The van der Waals surface area contributed by atoms with Crippen molar-refractivity contribution >= 4 is 0 Å². The van der Waals surface area contributed by atoms with Crippen LogP contribution in [0, 0.1) is 18.8 Å². The van der Waals surface area contributed by atoms with E-state index in [1.807, 2.05) is 0 Å². The minimum atomic E-state index is 0.778. The highest BCUT2D eigenvalue weighted by Gasteiger charge is 2.30. The highest BCUT2D eigenvalue weighted by Crippen LogP contribution is 2.37. The van der Waals surface area contributed by atoms with Crippen molar-refractivity contribution in [2.45, 2.75) is 64.3 Å². The molecule has 0 unspecified atom stereocenters. The lowest BCUT2D eigenvalue weighted by molar-refractivity contribution is 0.236. The Labute approximate surface area is 124 Å². The molecule has 110 valence electrons. The minimum Gasteiger partial charge on any atom is -0.314 e. The van der Waals surface area contributed by atoms with E-state index in [4.69, 9.17) is 0 Å². The normalized spacial score (nSPS) is 33.7. The molecule has 0 atom stereocenters. The molecular formula is C19H29N. The number of rotatable bonds is 4. The maximum Gasteiger partial charge on any atom is 0.00788 e. The topological polar surface area (TPSA) is 12.0 Å². The molecule has 0 bridgehead atoms. The maximum absolute atomic E-state index is 3.81. The number of hydrogen-bond donors (Lipinski definition) is 1. The molecule has 0 aliphatic heterocycles. The molecule has 0 aromatic heterocycles. The van der Waals surface area contributed by atoms with Gasteiger partial charge >= 0.3 is 0 Å². The average Bonchev–Trinajstić information content (AvgIpc) is 2.41. The zero-order valence-electron chi connectivity index (χ0n) is 13.1. The van der Waals surface area contributed by atoms with E-state index in [0.717, 1.165) is 23.8 Å². The Morgan fingerprint density at radius 1 is 1.00 bits per heavy atom. The molecule has 1 heteroatoms. The van der Waals surface area contributed by atoms with E-state index in [9.17, 15) is 0 Å². The molecule has 0 amide bonds. The smallest absolute Gasteiger partial charge is 0.00788 e. The first-order valence-corrected chi connectivity index (χ1v) is 8.50. The van der Waals surface area contributed by atoms with E-state index in [0.29, 0.717) is 0 Å². The lowest BCUT2D eigenvalue weighted by Crippen LogP contribution is -2.42. The van der Waals surface area contributed by atoms with Crippen LogP contribution >= 0.6 is 0 Å². The van der Waals surface area contributed by atoms with Gasteiger partial charge in [0.25, 0.3) is 0 Å². The van der Waals surface area contributed by atoms with Crippen LogP contribution in [0.2, 0.25) is 0 Å². The first-order chi connectivity index (χ1) is 9.70. The standard InChI is InChI=1S/C19H29N/c1-14-3-7-16(8-4-14)13-20-19-11-18(12-19)17-9-5-15(2)6-10-17/h5-6,9-10,14,16,18-20H,3-4,7-8,11-13H2,1-2H3. The Kier molecular flexibility index (Phi) is 4.45. The summed E-state index contributed by atoms with van der Waals surface area (Å²) in [6, 6.07) is 9.91. The van der Waals surface area contributed by atoms with Crippen LogP contribution in [0.25, 0.3) is 0 Å². The van der Waals surface area contributed by atoms with Crippen LogP contribution in [-0.4, -0.2) is 12.6 Å². The summed E-state index contributed by atoms with van der Waals surface area (Å²) >= 11 is 0. The molecule has 1 nitrogen and oxygen atoms in total. The van der Waals surface area contributed by atoms with E-state index in [2.05, 4.69) is 43.4 Å². The van der Waals surface area contributed by atoms with Crippen LogP contribution in [0.15, 0.2) is 24.3 Å². The third-order valence-corrected chi connectivity index (χ3v) is 5.52. The van der Waals surface area contributed by atoms with Crippen molar-refractivity contribution in [1.82, 2.24) is 5.32 Å². The quantitative estimate of drug-likeness (QED) is 0.840. The SMILES string of the molecule is Cc1ccc(C2CC(NCC3CCC(C)CC3)C2)cc1. The van der Waals surface area contributed by atoms with E-state index < -0.39 is 0 Å². The molecule has 0 spiro atoms. The number of hydrogen-bond acceptors (Lipinski definition) is 1. The van der Waals surface area contributed by atoms with Crippen molar-refractivity contribution in [3.8, 4) is 0 Å². The molecule has 0 heterocycles. The van der Waals surface area contributed by atoms with Gasteiger partial charge in [-0.2, -0.15) is 0 Å². The third kappa shape index (κ3) is 3.44. The fourth-order valence-electron chi connectivity index (χ4n) is 3.76. The van der Waals surface area contributed by atoms with Gasteiger partial charge in [-0.25, -0.2) is 0 Å². The summed E-state index contributed by atoms with van der Waals surface area (Å²) in [7, 11) is 0. The molecule has 1 aromatic carbocycles. The van der Waals surface area contributed by atoms with E-state index in [1.54, 1.807) is 5.56 Å². The fourth-order valence-corrected chi connectivity index (χ4v) is 3.76. The van der Waals surface area contributed by atoms with Gasteiger partial charge in [0.1, 0.15) is 0 Å². The molecule has 2 aliphatic carbocycles. The summed E-state index contributed by atoms with van der Waals surface area (Å²) in [6.07, 6.45) is 8.47. The predicted molar refractivity (Wildman–Crippen MR) is 86.1 cm³/mol. The van der Waals surface area contributed by atoms with Crippen LogP contribution in [0.4, 0.5) is 0 Å². The van der Waals surface area contributed by atoms with Gasteiger partial charge < -0.3 is 5.32 Å². The van der Waals surface area contributed by atoms with Crippen molar-refractivity contribution in [3.05, 3.63) is 35.4 Å². The minimum absolute atomic E-state index is 0.778. The predicted octanol–water partition coefficient (Wildman–Crippen LogP) is 4.66. The molecule has 0 radical (unpaired) electrons. The van der Waals surface area contributed by atoms with Crippen molar-refractivity contribution in [1.29, 1.82) is 0 Å². The Morgan fingerprint density at radius 3 is 2.30 bits per heavy atom. The average molecular weight is 271 g/mol. The molecule has 1 aromatic rings. The van der Waals surface area contributed by atoms with Gasteiger partial charge in [-0.1, -0.05) is 49.6 Å². The molecule has 1 N–H and O–H groups in total. The lowest BCUT2D eigenvalue weighted by atomic mass is 9.75. The van der Waals surface area contributed by atoms with E-state index in [-0.39, 0.29) is 0 Å². The Morgan fingerprint density at radius 2 is 1.65 bits per heavy atom. The summed E-state index contributed by atoms with van der Waals surface area (Å²) in [5, 5.41) is 3.81. The van der Waals surface area contributed by atoms with Gasteiger partial charge in [-0.15, -0.1) is 0 Å². The summed E-state index contributed by atoms with van der Waals surface area (Å²) in [4.78, 5) is 0. The second-order valence-electron chi connectivity index (χ2n) is 7.31. The lowest BCUT2D eigenvalue weighted by Gasteiger charge is -2.38. The van der Waals surface area contributed by atoms with Crippen LogP contribution in [0.3, 0.4) is 0 Å². The maximum atomic E-state index is 3.81. The summed E-state index contributed by atoms with van der Waals surface area (Å²) < 4.78 is 0. The molecular weight excluding hydrogens is 242 g/mol. The van der Waals surface area contributed by atoms with Crippen LogP contribution in [0.1, 0.15) is 62.5 Å². The monoisotopic (exact) mass is 271 g/mol. The molecule has 0 saturated heterocycles. The van der Waals surface area contributed by atoms with Crippen LogP contribution < -0.4 is 5.32 Å². The summed E-state index contributed by atoms with van der Waals surface area (Å²) in [5.41, 5.74) is 2.91. The summed E-state index contributed by atoms with van der Waals surface area (Å²) in [6.45, 7) is 5.83. The van der Waals surface area contributed by atoms with E-state index in [1.165, 1.54) is 50.6 Å². The molecule has 2 aliphatic rings. The molecule has 2 saturated carbocycles. The zero-order chi connectivity index (χ0) is 13.9. The Balaban J connectivity index is 1.37. The highest BCUT2D eigenvalue weighted by molar-refractivity contribution is 5.26. The number of aryl methyl sites for hydroxylation is 1. The second-order valence-corrected chi connectivity index (χ2v) is 7.31. The van der Waals surface area contributed by atoms with Crippen LogP contribution in [-0.2, 0) is 0 Å². The van der Waals surface area contributed by atoms with Gasteiger partial charge in [0.15, 0.2) is 0 Å². The third-order valence-electron chi connectivity index (χ3n) is 5.52. The van der Waals surface area contributed by atoms with Gasteiger partial charge in [0, 0.05) is 6.04 Å². The van der Waals surface area contributed by atoms with Gasteiger partial charge in [-0.05, 0) is 62.5 Å². The first-order valence-electron chi connectivity index (χ1n) is 8.50. The highest BCUT2D eigenvalue weighted by atomic mass is 14.9. The zero-order valence-corrected chi connectivity index (χ0v) is 13.1. The fraction of sp³-hybridized carbons (Fsp3) is 0.684. The summed E-state index contributed by atoms with van der Waals surface area (Å²) in [5.74, 6) is 2.73. The Bertz CT molecular complexity index is 408. The van der Waals surface area contributed by atoms with Gasteiger partial charge in [-0.3, -0.25) is 0 Å². The van der Waals surface area contributed by atoms with E-state index >= 15 is 0 Å². The van der Waals surface area contributed by atoms with Gasteiger partial charge in [0.2, 0.25) is 0 Å². The first kappa shape index (κ1) is 14.1. The molecule has 3 rings (SSSR count). The van der Waals surface area contributed by atoms with Crippen molar-refractivity contribution in [2.24, 2.45) is 11.8 Å². The van der Waals surface area contributed by atoms with Crippen LogP contribution in [0.5, 0.6) is 0 Å².